The molecule has 0 fully saturated rings. The van der Waals surface area contributed by atoms with Gasteiger partial charge >= 0.3 is 11.6 Å². The maximum atomic E-state index is 12.2. The van der Waals surface area contributed by atoms with Gasteiger partial charge in [0, 0.05) is 17.0 Å². The summed E-state index contributed by atoms with van der Waals surface area (Å²) in [6.45, 7) is 3.68. The molecule has 0 unspecified atom stereocenters. The molecule has 0 aliphatic carbocycles. The van der Waals surface area contributed by atoms with E-state index < -0.39 is 11.6 Å². The standard InChI is InChI=1S/C24H20O5/c1-15-7-9-20(16(2)11-15)27-14-23(26)28-13-18-12-22(25)29-21-10-8-17-5-3-4-6-19(17)24(18)21/h3-12H,13-14H2,1-2H3. The van der Waals surface area contributed by atoms with Gasteiger partial charge in [0.1, 0.15) is 17.9 Å². The van der Waals surface area contributed by atoms with Crippen molar-refractivity contribution < 1.29 is 18.7 Å². The Morgan fingerprint density at radius 3 is 2.66 bits per heavy atom. The number of esters is 1. The van der Waals surface area contributed by atoms with Gasteiger partial charge in [0.2, 0.25) is 0 Å². The Morgan fingerprint density at radius 2 is 1.83 bits per heavy atom. The fourth-order valence-corrected chi connectivity index (χ4v) is 3.43. The highest BCUT2D eigenvalue weighted by atomic mass is 16.6. The van der Waals surface area contributed by atoms with E-state index >= 15 is 0 Å². The fourth-order valence-electron chi connectivity index (χ4n) is 3.43. The number of fused-ring (bicyclic) bond motifs is 3. The third-order valence-electron chi connectivity index (χ3n) is 4.78. The Balaban J connectivity index is 1.54. The van der Waals surface area contributed by atoms with Gasteiger partial charge < -0.3 is 13.9 Å². The summed E-state index contributed by atoms with van der Waals surface area (Å²) in [5.74, 6) is 0.135. The quantitative estimate of drug-likeness (QED) is 0.282. The van der Waals surface area contributed by atoms with Crippen molar-refractivity contribution >= 4 is 27.7 Å². The van der Waals surface area contributed by atoms with Crippen molar-refractivity contribution in [3.63, 3.8) is 0 Å². The van der Waals surface area contributed by atoms with Gasteiger partial charge in [-0.2, -0.15) is 0 Å². The van der Waals surface area contributed by atoms with Gasteiger partial charge in [-0.3, -0.25) is 0 Å². The summed E-state index contributed by atoms with van der Waals surface area (Å²) in [7, 11) is 0. The minimum atomic E-state index is -0.508. The SMILES string of the molecule is Cc1ccc(OCC(=O)OCc2cc(=O)oc3ccc4ccccc4c23)c(C)c1. The van der Waals surface area contributed by atoms with E-state index in [0.717, 1.165) is 27.3 Å². The first-order chi connectivity index (χ1) is 14.0. The molecule has 0 bridgehead atoms. The van der Waals surface area contributed by atoms with Crippen molar-refractivity contribution in [3.05, 3.63) is 87.8 Å². The number of carbonyl (C=O) groups excluding carboxylic acids is 1. The van der Waals surface area contributed by atoms with E-state index in [1.54, 1.807) is 6.07 Å². The molecule has 0 amide bonds. The molecule has 0 spiro atoms. The van der Waals surface area contributed by atoms with E-state index in [-0.39, 0.29) is 13.2 Å². The third-order valence-corrected chi connectivity index (χ3v) is 4.78. The zero-order chi connectivity index (χ0) is 20.4. The maximum Gasteiger partial charge on any atom is 0.344 e. The van der Waals surface area contributed by atoms with Crippen LogP contribution in [0, 0.1) is 13.8 Å². The van der Waals surface area contributed by atoms with Crippen molar-refractivity contribution in [2.75, 3.05) is 6.61 Å². The van der Waals surface area contributed by atoms with Crippen LogP contribution in [0.25, 0.3) is 21.7 Å². The molecule has 0 aliphatic rings. The number of hydrogen-bond acceptors (Lipinski definition) is 5. The Kier molecular flexibility index (Phi) is 5.04. The van der Waals surface area contributed by atoms with Crippen LogP contribution in [0.4, 0.5) is 0 Å². The number of benzene rings is 3. The lowest BCUT2D eigenvalue weighted by molar-refractivity contribution is -0.147. The molecule has 0 N–H and O–H groups in total. The summed E-state index contributed by atoms with van der Waals surface area (Å²) in [5.41, 5.74) is 2.67. The molecule has 4 rings (SSSR count). The zero-order valence-electron chi connectivity index (χ0n) is 16.2. The Labute approximate surface area is 167 Å². The Morgan fingerprint density at radius 1 is 1.00 bits per heavy atom. The molecular weight excluding hydrogens is 368 g/mol. The zero-order valence-corrected chi connectivity index (χ0v) is 16.2. The van der Waals surface area contributed by atoms with Crippen LogP contribution in [-0.2, 0) is 16.1 Å². The maximum absolute atomic E-state index is 12.2. The van der Waals surface area contributed by atoms with Crippen LogP contribution in [0.2, 0.25) is 0 Å². The van der Waals surface area contributed by atoms with E-state index in [1.807, 2.05) is 62.4 Å². The highest BCUT2D eigenvalue weighted by Crippen LogP contribution is 2.27. The van der Waals surface area contributed by atoms with E-state index in [2.05, 4.69) is 0 Å². The average molecular weight is 388 g/mol. The van der Waals surface area contributed by atoms with E-state index in [9.17, 15) is 9.59 Å². The van der Waals surface area contributed by atoms with Crippen LogP contribution in [0.15, 0.2) is 69.9 Å². The van der Waals surface area contributed by atoms with Crippen LogP contribution >= 0.6 is 0 Å². The average Bonchev–Trinajstić information content (AvgIpc) is 2.71. The summed E-state index contributed by atoms with van der Waals surface area (Å²) in [4.78, 5) is 24.1. The molecule has 29 heavy (non-hydrogen) atoms. The number of aryl methyl sites for hydroxylation is 2. The number of hydrogen-bond donors (Lipinski definition) is 0. The van der Waals surface area contributed by atoms with Crippen molar-refractivity contribution in [1.29, 1.82) is 0 Å². The first-order valence-corrected chi connectivity index (χ1v) is 9.31. The smallest absolute Gasteiger partial charge is 0.344 e. The van der Waals surface area contributed by atoms with Crippen LogP contribution < -0.4 is 10.4 Å². The first-order valence-electron chi connectivity index (χ1n) is 9.31. The summed E-state index contributed by atoms with van der Waals surface area (Å²) in [6.07, 6.45) is 0. The fraction of sp³-hybridized carbons (Fsp3) is 0.167. The molecule has 0 saturated heterocycles. The van der Waals surface area contributed by atoms with E-state index in [0.29, 0.717) is 16.9 Å². The number of rotatable bonds is 5. The second-order valence-corrected chi connectivity index (χ2v) is 6.97. The lowest BCUT2D eigenvalue weighted by atomic mass is 10.0. The van der Waals surface area contributed by atoms with Crippen molar-refractivity contribution in [2.45, 2.75) is 20.5 Å². The first kappa shape index (κ1) is 18.7. The van der Waals surface area contributed by atoms with Crippen LogP contribution in [0.1, 0.15) is 16.7 Å². The molecule has 0 atom stereocenters. The van der Waals surface area contributed by atoms with Gasteiger partial charge in [-0.1, -0.05) is 48.0 Å². The monoisotopic (exact) mass is 388 g/mol. The van der Waals surface area contributed by atoms with Crippen molar-refractivity contribution in [1.82, 2.24) is 0 Å². The molecule has 146 valence electrons. The van der Waals surface area contributed by atoms with Gasteiger partial charge in [-0.05, 0) is 42.3 Å². The molecule has 5 heteroatoms. The summed E-state index contributed by atoms with van der Waals surface area (Å²) < 4.78 is 16.3. The second-order valence-electron chi connectivity index (χ2n) is 6.97. The predicted molar refractivity (Wildman–Crippen MR) is 111 cm³/mol. The van der Waals surface area contributed by atoms with Gasteiger partial charge in [-0.25, -0.2) is 9.59 Å². The molecule has 0 aliphatic heterocycles. The summed E-state index contributed by atoms with van der Waals surface area (Å²) in [6, 6.07) is 18.6. The summed E-state index contributed by atoms with van der Waals surface area (Å²) >= 11 is 0. The Bertz CT molecular complexity index is 1270. The van der Waals surface area contributed by atoms with Crippen LogP contribution in [-0.4, -0.2) is 12.6 Å². The third kappa shape index (κ3) is 3.99. The van der Waals surface area contributed by atoms with Crippen LogP contribution in [0.5, 0.6) is 5.75 Å². The molecule has 0 radical (unpaired) electrons. The van der Waals surface area contributed by atoms with Crippen molar-refractivity contribution in [2.24, 2.45) is 0 Å². The van der Waals surface area contributed by atoms with Gasteiger partial charge in [-0.15, -0.1) is 0 Å². The predicted octanol–water partition coefficient (Wildman–Crippen LogP) is 4.69. The number of ether oxygens (including phenoxy) is 2. The molecule has 1 heterocycles. The molecule has 3 aromatic carbocycles. The molecule has 0 saturated carbocycles. The minimum Gasteiger partial charge on any atom is -0.482 e. The second kappa shape index (κ2) is 7.80. The van der Waals surface area contributed by atoms with Crippen molar-refractivity contribution in [3.8, 4) is 5.75 Å². The van der Waals surface area contributed by atoms with Gasteiger partial charge in [0.05, 0.1) is 0 Å². The normalized spacial score (nSPS) is 11.0. The lowest BCUT2D eigenvalue weighted by Gasteiger charge is -2.11. The largest absolute Gasteiger partial charge is 0.482 e. The van der Waals surface area contributed by atoms with Crippen LogP contribution in [0.3, 0.4) is 0 Å². The minimum absolute atomic E-state index is 0.0365. The number of carbonyl (C=O) groups is 1. The highest BCUT2D eigenvalue weighted by molar-refractivity contribution is 6.07. The molecule has 4 aromatic rings. The van der Waals surface area contributed by atoms with E-state index in [1.165, 1.54) is 6.07 Å². The molecule has 5 nitrogen and oxygen atoms in total. The molecule has 1 aromatic heterocycles. The highest BCUT2D eigenvalue weighted by Gasteiger charge is 2.12. The summed E-state index contributed by atoms with van der Waals surface area (Å²) in [5, 5.41) is 2.72. The van der Waals surface area contributed by atoms with E-state index in [4.69, 9.17) is 13.9 Å². The van der Waals surface area contributed by atoms with Gasteiger partial charge in [0.25, 0.3) is 0 Å². The topological polar surface area (TPSA) is 65.7 Å². The molecular formula is C24H20O5. The van der Waals surface area contributed by atoms with Gasteiger partial charge in [0.15, 0.2) is 6.61 Å². The lowest BCUT2D eigenvalue weighted by Crippen LogP contribution is -2.16. The Hall–Kier alpha value is -3.60.